The third kappa shape index (κ3) is 8.48. The van der Waals surface area contributed by atoms with Gasteiger partial charge in [0.05, 0.1) is 60.4 Å². The van der Waals surface area contributed by atoms with Gasteiger partial charge in [0, 0.05) is 22.4 Å². The number of nitriles is 2. The van der Waals surface area contributed by atoms with Crippen molar-refractivity contribution in [1.29, 1.82) is 10.5 Å². The highest BCUT2D eigenvalue weighted by atomic mass is 32.2. The topological polar surface area (TPSA) is 143 Å². The molecule has 1 aliphatic rings. The molecule has 1 N–H and O–H groups in total. The van der Waals surface area contributed by atoms with Crippen molar-refractivity contribution >= 4 is 23.8 Å². The minimum absolute atomic E-state index is 0.0934. The van der Waals surface area contributed by atoms with Gasteiger partial charge in [-0.2, -0.15) is 15.6 Å². The molecule has 14 heteroatoms. The third-order valence-corrected chi connectivity index (χ3v) is 9.33. The third-order valence-electron chi connectivity index (χ3n) is 7.89. The highest BCUT2D eigenvalue weighted by Gasteiger charge is 2.47. The zero-order chi connectivity index (χ0) is 35.7. The van der Waals surface area contributed by atoms with E-state index in [0.29, 0.717) is 11.6 Å². The lowest BCUT2D eigenvalue weighted by molar-refractivity contribution is -0.146. The number of thioether (sulfide) groups is 1. The summed E-state index contributed by atoms with van der Waals surface area (Å²) in [5.74, 6) is -3.27. The molecule has 256 valence electrons. The summed E-state index contributed by atoms with van der Waals surface area (Å²) < 4.78 is 63.4. The average Bonchev–Trinajstić information content (AvgIpc) is 3.63. The Morgan fingerprint density at radius 1 is 1.08 bits per heavy atom. The Hall–Kier alpha value is -5.25. The Morgan fingerprint density at radius 3 is 2.48 bits per heavy atom. The summed E-state index contributed by atoms with van der Waals surface area (Å²) in [7, 11) is 0. The van der Waals surface area contributed by atoms with Crippen LogP contribution in [0.2, 0.25) is 0 Å². The molecule has 1 saturated heterocycles. The molecule has 3 aromatic carbocycles. The number of hydrogen-bond acceptors (Lipinski definition) is 10. The molecule has 0 radical (unpaired) electrons. The molecule has 50 heavy (non-hydrogen) atoms. The van der Waals surface area contributed by atoms with Gasteiger partial charge in [0.25, 0.3) is 0 Å². The van der Waals surface area contributed by atoms with Gasteiger partial charge in [0.15, 0.2) is 11.9 Å². The van der Waals surface area contributed by atoms with Crippen molar-refractivity contribution in [3.8, 4) is 12.1 Å². The predicted molar refractivity (Wildman–Crippen MR) is 176 cm³/mol. The molecule has 4 aromatic rings. The Labute approximate surface area is 290 Å². The van der Waals surface area contributed by atoms with Crippen LogP contribution in [-0.2, 0) is 33.0 Å². The first-order valence-electron chi connectivity index (χ1n) is 15.2. The summed E-state index contributed by atoms with van der Waals surface area (Å²) in [6, 6.07) is 15.1. The number of aliphatic hydroxyl groups excluding tert-OH is 1. The van der Waals surface area contributed by atoms with Crippen LogP contribution in [0.1, 0.15) is 45.1 Å². The van der Waals surface area contributed by atoms with E-state index in [1.807, 2.05) is 12.1 Å². The zero-order valence-corrected chi connectivity index (χ0v) is 27.4. The van der Waals surface area contributed by atoms with E-state index in [1.165, 1.54) is 65.5 Å². The van der Waals surface area contributed by atoms with Crippen molar-refractivity contribution in [1.82, 2.24) is 14.8 Å². The number of allylic oxidation sites excluding steroid dienone is 2. The zero-order valence-electron chi connectivity index (χ0n) is 26.6. The van der Waals surface area contributed by atoms with Gasteiger partial charge in [-0.1, -0.05) is 30.4 Å². The van der Waals surface area contributed by atoms with Crippen LogP contribution in [0.3, 0.4) is 0 Å². The number of carbonyl (C=O) groups excluding carboxylic acids is 1. The normalized spacial score (nSPS) is 18.0. The molecule has 0 unspecified atom stereocenters. The SMILES string of the molecule is C[C@@H](SC1COC(C=CC=Cc2ccc(C#N)cc2F)OC1)[C@@](Cn1cncn1)(OC(=O)c1cc(C#N)ccc1CO)c1ccc(F)cc1F. The van der Waals surface area contributed by atoms with E-state index >= 15 is 4.39 Å². The molecule has 2 heterocycles. The van der Waals surface area contributed by atoms with Crippen molar-refractivity contribution < 1.29 is 37.3 Å². The maximum atomic E-state index is 15.7. The summed E-state index contributed by atoms with van der Waals surface area (Å²) in [6.45, 7) is 1.34. The Morgan fingerprint density at radius 2 is 1.82 bits per heavy atom. The van der Waals surface area contributed by atoms with Crippen molar-refractivity contribution in [3.63, 3.8) is 0 Å². The van der Waals surface area contributed by atoms with E-state index < -0.39 is 47.2 Å². The summed E-state index contributed by atoms with van der Waals surface area (Å²) in [6.07, 6.45) is 8.35. The number of esters is 1. The number of aromatic nitrogens is 3. The molecule has 0 saturated carbocycles. The van der Waals surface area contributed by atoms with Crippen molar-refractivity contribution in [3.05, 3.63) is 136 Å². The van der Waals surface area contributed by atoms with Crippen molar-refractivity contribution in [2.24, 2.45) is 0 Å². The largest absolute Gasteiger partial charge is 0.447 e. The Bertz CT molecular complexity index is 1970. The van der Waals surface area contributed by atoms with Crippen molar-refractivity contribution in [2.75, 3.05) is 13.2 Å². The molecule has 0 spiro atoms. The van der Waals surface area contributed by atoms with E-state index in [9.17, 15) is 23.9 Å². The van der Waals surface area contributed by atoms with Gasteiger partial charge in [0.1, 0.15) is 30.1 Å². The standard InChI is InChI=1S/C36H30F3N5O5S/c1-23(50-29-18-47-34(48-19-29)5-3-2-4-26-8-6-25(16-41)13-32(26)38)36(20-44-22-42-21-43-44,31-11-10-28(37)14-33(31)39)49-35(46)30-12-24(15-40)7-9-27(30)17-45/h2-14,21-23,29,34,45H,17-20H2,1H3/t23-,29?,34?,36-/m1/s1. The van der Waals surface area contributed by atoms with Crippen LogP contribution in [0.25, 0.3) is 6.08 Å². The second-order valence-corrected chi connectivity index (χ2v) is 12.8. The molecule has 0 amide bonds. The summed E-state index contributed by atoms with van der Waals surface area (Å²) in [5.41, 5.74) is -1.19. The Balaban J connectivity index is 1.38. The number of halogens is 3. The molecule has 2 atom stereocenters. The first kappa shape index (κ1) is 36.0. The molecule has 1 fully saturated rings. The van der Waals surface area contributed by atoms with Gasteiger partial charge in [0.2, 0.25) is 0 Å². The van der Waals surface area contributed by atoms with Crippen LogP contribution in [0.5, 0.6) is 0 Å². The number of rotatable bonds is 12. The molecular weight excluding hydrogens is 671 g/mol. The summed E-state index contributed by atoms with van der Waals surface area (Å²) >= 11 is 1.29. The lowest BCUT2D eigenvalue weighted by Crippen LogP contribution is -2.47. The average molecular weight is 702 g/mol. The van der Waals surface area contributed by atoms with Crippen LogP contribution < -0.4 is 0 Å². The number of ether oxygens (including phenoxy) is 3. The molecule has 1 aliphatic heterocycles. The fraction of sp³-hybridized carbons (Fsp3) is 0.250. The van der Waals surface area contributed by atoms with Gasteiger partial charge in [-0.3, -0.25) is 0 Å². The van der Waals surface area contributed by atoms with Crippen LogP contribution in [-0.4, -0.2) is 55.8 Å². The lowest BCUT2D eigenvalue weighted by atomic mass is 9.89. The molecule has 5 rings (SSSR count). The van der Waals surface area contributed by atoms with E-state index in [2.05, 4.69) is 10.1 Å². The van der Waals surface area contributed by atoms with Crippen molar-refractivity contribution in [2.45, 2.75) is 42.5 Å². The number of aliphatic hydroxyl groups is 1. The maximum Gasteiger partial charge on any atom is 0.339 e. The quantitative estimate of drug-likeness (QED) is 0.142. The minimum atomic E-state index is -1.83. The van der Waals surface area contributed by atoms with Crippen LogP contribution >= 0.6 is 11.8 Å². The molecule has 1 aromatic heterocycles. The first-order chi connectivity index (χ1) is 24.1. The monoisotopic (exact) mass is 701 g/mol. The van der Waals surface area contributed by atoms with E-state index in [-0.39, 0.29) is 52.8 Å². The first-order valence-corrected chi connectivity index (χ1v) is 16.2. The van der Waals surface area contributed by atoms with Crippen LogP contribution in [0, 0.1) is 40.1 Å². The highest BCUT2D eigenvalue weighted by molar-refractivity contribution is 8.00. The lowest BCUT2D eigenvalue weighted by Gasteiger charge is -2.40. The number of nitrogens with zero attached hydrogens (tertiary/aromatic N) is 5. The van der Waals surface area contributed by atoms with Gasteiger partial charge in [-0.15, -0.1) is 11.8 Å². The van der Waals surface area contributed by atoms with Crippen LogP contribution in [0.4, 0.5) is 13.2 Å². The minimum Gasteiger partial charge on any atom is -0.447 e. The van der Waals surface area contributed by atoms with Gasteiger partial charge in [-0.25, -0.2) is 27.6 Å². The van der Waals surface area contributed by atoms with Gasteiger partial charge < -0.3 is 19.3 Å². The molecular formula is C36H30F3N5O5S. The van der Waals surface area contributed by atoms with E-state index in [1.54, 1.807) is 31.2 Å². The van der Waals surface area contributed by atoms with Gasteiger partial charge in [-0.05, 0) is 55.0 Å². The number of benzene rings is 3. The molecule has 10 nitrogen and oxygen atoms in total. The second kappa shape index (κ2) is 16.4. The van der Waals surface area contributed by atoms with E-state index in [0.717, 1.165) is 12.1 Å². The second-order valence-electron chi connectivity index (χ2n) is 11.2. The summed E-state index contributed by atoms with van der Waals surface area (Å²) in [5, 5.41) is 31.4. The van der Waals surface area contributed by atoms with Crippen LogP contribution in [0.15, 0.2) is 85.5 Å². The fourth-order valence-corrected chi connectivity index (χ4v) is 6.68. The van der Waals surface area contributed by atoms with Gasteiger partial charge >= 0.3 is 5.97 Å². The summed E-state index contributed by atoms with van der Waals surface area (Å²) in [4.78, 5) is 17.9. The number of carbonyl (C=O) groups is 1. The molecule has 0 bridgehead atoms. The number of hydrogen-bond donors (Lipinski definition) is 1. The maximum absolute atomic E-state index is 15.7. The Kier molecular flexibility index (Phi) is 11.8. The van der Waals surface area contributed by atoms with E-state index in [4.69, 9.17) is 19.5 Å². The molecule has 0 aliphatic carbocycles. The smallest absolute Gasteiger partial charge is 0.339 e. The predicted octanol–water partition coefficient (Wildman–Crippen LogP) is 5.82. The highest BCUT2D eigenvalue weighted by Crippen LogP contribution is 2.42. The fourth-order valence-electron chi connectivity index (χ4n) is 5.32.